The summed E-state index contributed by atoms with van der Waals surface area (Å²) in [6.07, 6.45) is 3.30. The predicted octanol–water partition coefficient (Wildman–Crippen LogP) is 5.16. The van der Waals surface area contributed by atoms with Crippen LogP contribution in [0.4, 0.5) is 5.69 Å². The smallest absolute Gasteiger partial charge is 0.344 e. The molecule has 0 bridgehead atoms. The van der Waals surface area contributed by atoms with Gasteiger partial charge in [0, 0.05) is 35.8 Å². The molecular weight excluding hydrogens is 402 g/mol. The van der Waals surface area contributed by atoms with Gasteiger partial charge in [0.05, 0.1) is 12.7 Å². The van der Waals surface area contributed by atoms with Crippen LogP contribution in [-0.4, -0.2) is 20.2 Å². The minimum atomic E-state index is -0.609. The van der Waals surface area contributed by atoms with Gasteiger partial charge >= 0.3 is 5.63 Å². The largest absolute Gasteiger partial charge is 0.497 e. The van der Waals surface area contributed by atoms with Crippen LogP contribution in [0, 0.1) is 22.7 Å². The Morgan fingerprint density at radius 1 is 1.09 bits per heavy atom. The van der Waals surface area contributed by atoms with Crippen LogP contribution in [0.15, 0.2) is 69.4 Å². The Balaban J connectivity index is 2.13. The molecule has 0 spiro atoms. The van der Waals surface area contributed by atoms with E-state index in [4.69, 9.17) is 9.15 Å². The van der Waals surface area contributed by atoms with Gasteiger partial charge in [0.15, 0.2) is 0 Å². The van der Waals surface area contributed by atoms with Crippen molar-refractivity contribution in [3.05, 3.63) is 81.7 Å². The molecule has 0 atom stereocenters. The molecule has 0 saturated heterocycles. The van der Waals surface area contributed by atoms with Crippen molar-refractivity contribution in [3.63, 3.8) is 0 Å². The molecule has 0 saturated carbocycles. The molecule has 32 heavy (non-hydrogen) atoms. The minimum Gasteiger partial charge on any atom is -0.497 e. The van der Waals surface area contributed by atoms with Crippen molar-refractivity contribution in [1.82, 2.24) is 0 Å². The first-order chi connectivity index (χ1) is 15.5. The molecule has 0 radical (unpaired) electrons. The number of ether oxygens (including phenoxy) is 1. The van der Waals surface area contributed by atoms with E-state index in [1.165, 1.54) is 0 Å². The Labute approximate surface area is 186 Å². The highest BCUT2D eigenvalue weighted by Gasteiger charge is 2.14. The molecule has 0 fully saturated rings. The van der Waals surface area contributed by atoms with E-state index in [0.29, 0.717) is 16.7 Å². The van der Waals surface area contributed by atoms with Crippen LogP contribution in [0.3, 0.4) is 0 Å². The third kappa shape index (κ3) is 4.71. The lowest BCUT2D eigenvalue weighted by molar-refractivity contribution is 0.414. The first kappa shape index (κ1) is 22.4. The maximum Gasteiger partial charge on any atom is 0.344 e. The van der Waals surface area contributed by atoms with Gasteiger partial charge in [0.1, 0.15) is 29.0 Å². The van der Waals surface area contributed by atoms with Gasteiger partial charge in [-0.15, -0.1) is 0 Å². The molecule has 2 aromatic carbocycles. The van der Waals surface area contributed by atoms with Gasteiger partial charge in [0.2, 0.25) is 0 Å². The van der Waals surface area contributed by atoms with Gasteiger partial charge in [-0.2, -0.15) is 10.5 Å². The highest BCUT2D eigenvalue weighted by Crippen LogP contribution is 2.26. The molecule has 0 aliphatic rings. The third-order valence-corrected chi connectivity index (χ3v) is 5.17. The molecule has 0 aliphatic carbocycles. The third-order valence-electron chi connectivity index (χ3n) is 5.17. The van der Waals surface area contributed by atoms with Crippen LogP contribution < -0.4 is 15.3 Å². The van der Waals surface area contributed by atoms with E-state index in [1.807, 2.05) is 54.6 Å². The number of methoxy groups -OCH3 is 1. The van der Waals surface area contributed by atoms with E-state index in [9.17, 15) is 15.3 Å². The van der Waals surface area contributed by atoms with Gasteiger partial charge in [-0.05, 0) is 49.7 Å². The summed E-state index contributed by atoms with van der Waals surface area (Å²) in [6, 6.07) is 18.4. The fourth-order valence-electron chi connectivity index (χ4n) is 3.45. The lowest BCUT2D eigenvalue weighted by Crippen LogP contribution is -2.21. The van der Waals surface area contributed by atoms with E-state index in [-0.39, 0.29) is 16.7 Å². The van der Waals surface area contributed by atoms with Crippen molar-refractivity contribution in [1.29, 1.82) is 10.5 Å². The van der Waals surface area contributed by atoms with Gasteiger partial charge in [-0.3, -0.25) is 0 Å². The molecule has 0 unspecified atom stereocenters. The molecule has 6 nitrogen and oxygen atoms in total. The standard InChI is InChI=1S/C26H23N3O3/c1-4-29(5-2)21-11-10-19-14-24(26(30)32-25(19)15-21)23(20(16-27)17-28)12-9-18-7-6-8-22(13-18)31-3/h6-15H,4-5H2,1-3H3/b12-9+. The van der Waals surface area contributed by atoms with Crippen LogP contribution >= 0.6 is 0 Å². The number of fused-ring (bicyclic) bond motifs is 1. The number of nitrogens with zero attached hydrogens (tertiary/aromatic N) is 3. The van der Waals surface area contributed by atoms with E-state index in [2.05, 4.69) is 18.7 Å². The number of nitriles is 2. The lowest BCUT2D eigenvalue weighted by atomic mass is 9.99. The van der Waals surface area contributed by atoms with E-state index >= 15 is 0 Å². The molecule has 3 rings (SSSR count). The number of allylic oxidation sites excluding steroid dienone is 3. The normalized spacial score (nSPS) is 10.5. The van der Waals surface area contributed by atoms with Crippen molar-refractivity contribution < 1.29 is 9.15 Å². The van der Waals surface area contributed by atoms with Crippen molar-refractivity contribution in [2.45, 2.75) is 13.8 Å². The molecule has 0 amide bonds. The van der Waals surface area contributed by atoms with E-state index in [0.717, 1.165) is 24.3 Å². The molecule has 1 heterocycles. The molecule has 0 aliphatic heterocycles. The maximum absolute atomic E-state index is 12.9. The first-order valence-electron chi connectivity index (χ1n) is 10.2. The maximum atomic E-state index is 12.9. The summed E-state index contributed by atoms with van der Waals surface area (Å²) in [5.74, 6) is 0.674. The summed E-state index contributed by atoms with van der Waals surface area (Å²) in [6.45, 7) is 5.79. The fourth-order valence-corrected chi connectivity index (χ4v) is 3.45. The molecular formula is C26H23N3O3. The first-order valence-corrected chi connectivity index (χ1v) is 10.2. The topological polar surface area (TPSA) is 90.3 Å². The van der Waals surface area contributed by atoms with Crippen molar-refractivity contribution in [2.75, 3.05) is 25.1 Å². The van der Waals surface area contributed by atoms with Crippen molar-refractivity contribution >= 4 is 28.3 Å². The summed E-state index contributed by atoms with van der Waals surface area (Å²) in [5, 5.41) is 19.6. The lowest BCUT2D eigenvalue weighted by Gasteiger charge is -2.21. The Hall–Kier alpha value is -4.29. The molecule has 3 aromatic rings. The highest BCUT2D eigenvalue weighted by molar-refractivity contribution is 5.89. The summed E-state index contributed by atoms with van der Waals surface area (Å²) < 4.78 is 10.8. The number of hydrogen-bond donors (Lipinski definition) is 0. The van der Waals surface area contributed by atoms with Gasteiger partial charge in [-0.25, -0.2) is 4.79 Å². The molecule has 6 heteroatoms. The quantitative estimate of drug-likeness (QED) is 0.295. The van der Waals surface area contributed by atoms with Gasteiger partial charge < -0.3 is 14.1 Å². The Bertz CT molecular complexity index is 1320. The number of rotatable bonds is 7. The highest BCUT2D eigenvalue weighted by atomic mass is 16.5. The number of anilines is 1. The molecule has 160 valence electrons. The predicted molar refractivity (Wildman–Crippen MR) is 126 cm³/mol. The van der Waals surface area contributed by atoms with Crippen LogP contribution in [0.2, 0.25) is 0 Å². The van der Waals surface area contributed by atoms with Crippen molar-refractivity contribution in [3.8, 4) is 17.9 Å². The second-order valence-electron chi connectivity index (χ2n) is 6.96. The van der Waals surface area contributed by atoms with Crippen LogP contribution in [0.5, 0.6) is 5.75 Å². The van der Waals surface area contributed by atoms with E-state index < -0.39 is 5.63 Å². The zero-order valence-electron chi connectivity index (χ0n) is 18.3. The molecule has 1 aromatic heterocycles. The van der Waals surface area contributed by atoms with Crippen LogP contribution in [-0.2, 0) is 0 Å². The fraction of sp³-hybridized carbons (Fsp3) is 0.192. The summed E-state index contributed by atoms with van der Waals surface area (Å²) in [5.41, 5.74) is 1.80. The zero-order chi connectivity index (χ0) is 23.1. The van der Waals surface area contributed by atoms with Crippen LogP contribution in [0.1, 0.15) is 25.0 Å². The summed E-state index contributed by atoms with van der Waals surface area (Å²) in [4.78, 5) is 15.0. The second kappa shape index (κ2) is 10.1. The average Bonchev–Trinajstić information content (AvgIpc) is 2.82. The SMILES string of the molecule is CCN(CC)c1ccc2cc(C(/C=C/c3cccc(OC)c3)=C(C#N)C#N)c(=O)oc2c1. The Morgan fingerprint density at radius 3 is 2.50 bits per heavy atom. The Morgan fingerprint density at radius 2 is 1.84 bits per heavy atom. The molecule has 0 N–H and O–H groups in total. The van der Waals surface area contributed by atoms with Gasteiger partial charge in [-0.1, -0.05) is 24.3 Å². The summed E-state index contributed by atoms with van der Waals surface area (Å²) in [7, 11) is 1.57. The number of hydrogen-bond acceptors (Lipinski definition) is 6. The average molecular weight is 425 g/mol. The minimum absolute atomic E-state index is 0.158. The van der Waals surface area contributed by atoms with E-state index in [1.54, 1.807) is 25.3 Å². The zero-order valence-corrected chi connectivity index (χ0v) is 18.3. The summed E-state index contributed by atoms with van der Waals surface area (Å²) >= 11 is 0. The van der Waals surface area contributed by atoms with Crippen molar-refractivity contribution in [2.24, 2.45) is 0 Å². The monoisotopic (exact) mass is 425 g/mol. The van der Waals surface area contributed by atoms with Gasteiger partial charge in [0.25, 0.3) is 0 Å². The number of benzene rings is 2. The van der Waals surface area contributed by atoms with Crippen LogP contribution in [0.25, 0.3) is 22.6 Å². The Kier molecular flexibility index (Phi) is 7.10. The second-order valence-corrected chi connectivity index (χ2v) is 6.96.